The first kappa shape index (κ1) is 22.6. The first-order valence-corrected chi connectivity index (χ1v) is 9.31. The van der Waals surface area contributed by atoms with Crippen LogP contribution >= 0.6 is 11.6 Å². The largest absolute Gasteiger partial charge is 0.493 e. The van der Waals surface area contributed by atoms with Crippen molar-refractivity contribution >= 4 is 23.6 Å². The summed E-state index contributed by atoms with van der Waals surface area (Å²) >= 11 is 6.08. The third-order valence-corrected chi connectivity index (χ3v) is 4.84. The van der Waals surface area contributed by atoms with E-state index in [2.05, 4.69) is 5.32 Å². The van der Waals surface area contributed by atoms with Gasteiger partial charge in [0.05, 0.1) is 27.9 Å². The van der Waals surface area contributed by atoms with E-state index in [0.29, 0.717) is 22.3 Å². The van der Waals surface area contributed by atoms with Crippen LogP contribution in [-0.4, -0.2) is 40.9 Å². The Balaban J connectivity index is 2.11. The summed E-state index contributed by atoms with van der Waals surface area (Å²) in [5.41, 5.74) is 0.904. The molecule has 0 saturated carbocycles. The number of halogens is 1. The molecule has 0 heterocycles. The van der Waals surface area contributed by atoms with Crippen molar-refractivity contribution in [3.05, 3.63) is 58.6 Å². The lowest BCUT2D eigenvalue weighted by molar-refractivity contribution is -0.118. The minimum Gasteiger partial charge on any atom is -0.493 e. The van der Waals surface area contributed by atoms with Crippen molar-refractivity contribution in [2.45, 2.75) is 12.5 Å². The molecule has 1 atom stereocenters. The quantitative estimate of drug-likeness (QED) is 0.621. The number of methoxy groups -OCH3 is 4. The van der Waals surface area contributed by atoms with Gasteiger partial charge >= 0.3 is 0 Å². The van der Waals surface area contributed by atoms with Crippen LogP contribution in [0, 0.1) is 0 Å². The fourth-order valence-electron chi connectivity index (χ4n) is 2.79. The highest BCUT2D eigenvalue weighted by Gasteiger charge is 2.26. The van der Waals surface area contributed by atoms with Crippen molar-refractivity contribution in [2.24, 2.45) is 0 Å². The molecule has 2 rings (SSSR count). The van der Waals surface area contributed by atoms with Gasteiger partial charge in [-0.2, -0.15) is 0 Å². The van der Waals surface area contributed by atoms with Crippen molar-refractivity contribution in [3.63, 3.8) is 0 Å². The molecule has 2 aromatic carbocycles. The molecule has 0 aliphatic rings. The van der Waals surface area contributed by atoms with Crippen molar-refractivity contribution in [1.29, 1.82) is 0 Å². The van der Waals surface area contributed by atoms with Gasteiger partial charge in [0.15, 0.2) is 11.5 Å². The summed E-state index contributed by atoms with van der Waals surface area (Å²) in [4.78, 5) is 12.3. The number of carbonyl (C=O) groups is 1. The molecule has 6 nitrogen and oxygen atoms in total. The second-order valence-electron chi connectivity index (χ2n) is 6.46. The van der Waals surface area contributed by atoms with E-state index in [4.69, 9.17) is 30.5 Å². The number of ether oxygens (including phenoxy) is 4. The van der Waals surface area contributed by atoms with Gasteiger partial charge in [0, 0.05) is 18.2 Å². The highest BCUT2D eigenvalue weighted by atomic mass is 35.5. The van der Waals surface area contributed by atoms with E-state index >= 15 is 0 Å². The van der Waals surface area contributed by atoms with Gasteiger partial charge in [-0.15, -0.1) is 0 Å². The molecular weight excluding hydrogens is 394 g/mol. The summed E-state index contributed by atoms with van der Waals surface area (Å²) in [6.45, 7) is 2.17. The van der Waals surface area contributed by atoms with E-state index in [1.54, 1.807) is 45.6 Å². The van der Waals surface area contributed by atoms with Crippen LogP contribution in [0.2, 0.25) is 5.02 Å². The van der Waals surface area contributed by atoms with Crippen molar-refractivity contribution in [1.82, 2.24) is 5.32 Å². The molecule has 1 N–H and O–H groups in total. The van der Waals surface area contributed by atoms with Crippen LogP contribution in [-0.2, 0) is 15.1 Å². The number of benzene rings is 2. The number of hydrogen-bond donors (Lipinski definition) is 1. The van der Waals surface area contributed by atoms with Crippen molar-refractivity contribution < 1.29 is 23.7 Å². The summed E-state index contributed by atoms with van der Waals surface area (Å²) in [7, 11) is 6.21. The zero-order chi connectivity index (χ0) is 21.4. The molecule has 0 saturated heterocycles. The van der Waals surface area contributed by atoms with Crippen LogP contribution in [0.25, 0.3) is 6.08 Å². The highest BCUT2D eigenvalue weighted by molar-refractivity contribution is 6.30. The van der Waals surface area contributed by atoms with E-state index in [1.165, 1.54) is 13.2 Å². The van der Waals surface area contributed by atoms with E-state index in [-0.39, 0.29) is 12.5 Å². The average molecular weight is 420 g/mol. The molecule has 0 bridgehead atoms. The van der Waals surface area contributed by atoms with E-state index in [1.807, 2.05) is 25.1 Å². The van der Waals surface area contributed by atoms with Gasteiger partial charge in [-0.1, -0.05) is 23.7 Å². The molecule has 0 radical (unpaired) electrons. The van der Waals surface area contributed by atoms with E-state index < -0.39 is 5.60 Å². The summed E-state index contributed by atoms with van der Waals surface area (Å²) in [6.07, 6.45) is 3.11. The van der Waals surface area contributed by atoms with Crippen LogP contribution in [0.1, 0.15) is 18.1 Å². The maximum absolute atomic E-state index is 12.3. The van der Waals surface area contributed by atoms with Crippen LogP contribution in [0.3, 0.4) is 0 Å². The molecule has 1 amide bonds. The first-order chi connectivity index (χ1) is 13.9. The molecule has 0 aliphatic heterocycles. The standard InChI is InChI=1S/C22H26ClNO5/c1-22(29-5,16-7-6-8-17(23)13-16)14-24-20(25)10-9-15-11-18(26-2)21(28-4)19(12-15)27-3/h6-13H,14H2,1-5H3,(H,24,25)/b10-9+/t22-/m1/s1. The summed E-state index contributed by atoms with van der Waals surface area (Å²) in [5.74, 6) is 1.26. The van der Waals surface area contributed by atoms with Gasteiger partial charge in [0.1, 0.15) is 5.60 Å². The van der Waals surface area contributed by atoms with Gasteiger partial charge in [-0.25, -0.2) is 0 Å². The Bertz CT molecular complexity index is 858. The smallest absolute Gasteiger partial charge is 0.244 e. The molecule has 0 unspecified atom stereocenters. The Hall–Kier alpha value is -2.70. The predicted octanol–water partition coefficient (Wildman–Crippen LogP) is 4.06. The Morgan fingerprint density at radius 3 is 2.24 bits per heavy atom. The van der Waals surface area contributed by atoms with Crippen molar-refractivity contribution in [2.75, 3.05) is 35.0 Å². The van der Waals surface area contributed by atoms with Gasteiger partial charge in [-0.05, 0) is 48.4 Å². The lowest BCUT2D eigenvalue weighted by atomic mass is 9.95. The van der Waals surface area contributed by atoms with E-state index in [0.717, 1.165) is 11.1 Å². The topological polar surface area (TPSA) is 66.0 Å². The molecule has 7 heteroatoms. The Labute approximate surface area is 176 Å². The fourth-order valence-corrected chi connectivity index (χ4v) is 2.98. The third-order valence-electron chi connectivity index (χ3n) is 4.60. The Kier molecular flexibility index (Phi) is 7.93. The number of rotatable bonds is 9. The number of amides is 1. The normalized spacial score (nSPS) is 13.0. The lowest BCUT2D eigenvalue weighted by Crippen LogP contribution is -2.39. The van der Waals surface area contributed by atoms with Gasteiger partial charge in [0.25, 0.3) is 0 Å². The Morgan fingerprint density at radius 2 is 1.72 bits per heavy atom. The SMILES string of the molecule is COc1cc(/C=C/C(=O)NC[C@@](C)(OC)c2cccc(Cl)c2)cc(OC)c1OC. The number of nitrogens with one attached hydrogen (secondary N) is 1. The molecule has 0 aliphatic carbocycles. The number of carbonyl (C=O) groups excluding carboxylic acids is 1. The van der Waals surface area contributed by atoms with Crippen molar-refractivity contribution in [3.8, 4) is 17.2 Å². The molecule has 29 heavy (non-hydrogen) atoms. The lowest BCUT2D eigenvalue weighted by Gasteiger charge is -2.29. The fraction of sp³-hybridized carbons (Fsp3) is 0.318. The maximum atomic E-state index is 12.3. The zero-order valence-corrected chi connectivity index (χ0v) is 18.0. The molecule has 0 aromatic heterocycles. The van der Waals surface area contributed by atoms with E-state index in [9.17, 15) is 4.79 Å². The van der Waals surface area contributed by atoms with Crippen LogP contribution in [0.15, 0.2) is 42.5 Å². The van der Waals surface area contributed by atoms with Crippen LogP contribution in [0.5, 0.6) is 17.2 Å². The maximum Gasteiger partial charge on any atom is 0.244 e. The van der Waals surface area contributed by atoms with Crippen LogP contribution < -0.4 is 19.5 Å². The zero-order valence-electron chi connectivity index (χ0n) is 17.2. The highest BCUT2D eigenvalue weighted by Crippen LogP contribution is 2.38. The van der Waals surface area contributed by atoms with Gasteiger partial charge in [-0.3, -0.25) is 4.79 Å². The first-order valence-electron chi connectivity index (χ1n) is 8.94. The molecule has 2 aromatic rings. The summed E-state index contributed by atoms with van der Waals surface area (Å²) in [6, 6.07) is 10.9. The second kappa shape index (κ2) is 10.2. The Morgan fingerprint density at radius 1 is 1.07 bits per heavy atom. The summed E-state index contributed by atoms with van der Waals surface area (Å²) < 4.78 is 21.6. The van der Waals surface area contributed by atoms with Crippen LogP contribution in [0.4, 0.5) is 0 Å². The molecule has 156 valence electrons. The molecule has 0 spiro atoms. The molecule has 0 fully saturated rings. The molecular formula is C22H26ClNO5. The summed E-state index contributed by atoms with van der Waals surface area (Å²) in [5, 5.41) is 3.47. The monoisotopic (exact) mass is 419 g/mol. The minimum absolute atomic E-state index is 0.260. The third kappa shape index (κ3) is 5.65. The minimum atomic E-state index is -0.707. The second-order valence-corrected chi connectivity index (χ2v) is 6.89. The van der Waals surface area contributed by atoms with Gasteiger partial charge in [0.2, 0.25) is 11.7 Å². The average Bonchev–Trinajstić information content (AvgIpc) is 2.75. The van der Waals surface area contributed by atoms with Gasteiger partial charge < -0.3 is 24.3 Å². The number of hydrogen-bond acceptors (Lipinski definition) is 5. The predicted molar refractivity (Wildman–Crippen MR) is 114 cm³/mol.